The van der Waals surface area contributed by atoms with Gasteiger partial charge in [-0.3, -0.25) is 9.59 Å². The molecule has 0 radical (unpaired) electrons. The molecule has 6 heteroatoms. The van der Waals surface area contributed by atoms with Crippen molar-refractivity contribution in [1.82, 2.24) is 4.90 Å². The second-order valence-corrected chi connectivity index (χ2v) is 6.58. The van der Waals surface area contributed by atoms with Crippen LogP contribution in [0.5, 0.6) is 0 Å². The van der Waals surface area contributed by atoms with Gasteiger partial charge in [-0.1, -0.05) is 41.9 Å². The van der Waals surface area contributed by atoms with Gasteiger partial charge in [-0.2, -0.15) is 0 Å². The van der Waals surface area contributed by atoms with Gasteiger partial charge in [0.25, 0.3) is 5.91 Å². The molecule has 2 aromatic rings. The zero-order chi connectivity index (χ0) is 15.9. The van der Waals surface area contributed by atoms with Crippen LogP contribution in [0.3, 0.4) is 0 Å². The molecular formula is C16H16ClNO3S. The average Bonchev–Trinajstić information content (AvgIpc) is 2.91. The zero-order valence-corrected chi connectivity index (χ0v) is 13.7. The fraction of sp³-hybridized carbons (Fsp3) is 0.250. The van der Waals surface area contributed by atoms with Crippen LogP contribution in [0, 0.1) is 0 Å². The van der Waals surface area contributed by atoms with Gasteiger partial charge in [-0.15, -0.1) is 11.3 Å². The highest BCUT2D eigenvalue weighted by atomic mass is 35.5. The van der Waals surface area contributed by atoms with Crippen molar-refractivity contribution >= 4 is 34.8 Å². The third kappa shape index (κ3) is 5.16. The van der Waals surface area contributed by atoms with Crippen LogP contribution in [-0.4, -0.2) is 30.4 Å². The molecule has 0 bridgehead atoms. The molecule has 0 saturated carbocycles. The third-order valence-corrected chi connectivity index (χ3v) is 4.21. The first-order chi connectivity index (χ1) is 10.5. The molecule has 1 aromatic carbocycles. The number of amides is 1. The van der Waals surface area contributed by atoms with E-state index < -0.39 is 5.97 Å². The van der Waals surface area contributed by atoms with Crippen molar-refractivity contribution in [3.8, 4) is 0 Å². The number of benzene rings is 1. The van der Waals surface area contributed by atoms with Crippen LogP contribution in [0.4, 0.5) is 0 Å². The van der Waals surface area contributed by atoms with E-state index in [4.69, 9.17) is 16.3 Å². The van der Waals surface area contributed by atoms with Crippen LogP contribution in [0.15, 0.2) is 42.5 Å². The lowest BCUT2D eigenvalue weighted by atomic mass is 10.2. The molecule has 0 saturated heterocycles. The summed E-state index contributed by atoms with van der Waals surface area (Å²) in [6.45, 7) is 0.202. The van der Waals surface area contributed by atoms with Gasteiger partial charge < -0.3 is 9.64 Å². The fourth-order valence-electron chi connectivity index (χ4n) is 1.82. The van der Waals surface area contributed by atoms with Gasteiger partial charge in [-0.25, -0.2) is 0 Å². The summed E-state index contributed by atoms with van der Waals surface area (Å²) in [5, 5.41) is 0. The number of carbonyl (C=O) groups is 2. The summed E-state index contributed by atoms with van der Waals surface area (Å²) >= 11 is 7.27. The summed E-state index contributed by atoms with van der Waals surface area (Å²) in [7, 11) is 1.67. The maximum absolute atomic E-state index is 11.9. The van der Waals surface area contributed by atoms with Crippen molar-refractivity contribution in [3.63, 3.8) is 0 Å². The van der Waals surface area contributed by atoms with Gasteiger partial charge in [-0.05, 0) is 17.7 Å². The lowest BCUT2D eigenvalue weighted by Crippen LogP contribution is -2.30. The van der Waals surface area contributed by atoms with Gasteiger partial charge in [0.1, 0.15) is 0 Å². The van der Waals surface area contributed by atoms with Crippen molar-refractivity contribution in [1.29, 1.82) is 0 Å². The Bertz CT molecular complexity index is 642. The number of likely N-dealkylation sites (N-methyl/N-ethyl adjacent to an activating group) is 1. The number of nitrogens with zero attached hydrogens (tertiary/aromatic N) is 1. The molecule has 0 atom stereocenters. The Morgan fingerprint density at radius 3 is 2.55 bits per heavy atom. The number of halogens is 1. The largest absolute Gasteiger partial charge is 0.455 e. The molecule has 0 unspecified atom stereocenters. The van der Waals surface area contributed by atoms with Crippen LogP contribution in [0.1, 0.15) is 10.4 Å². The molecule has 0 aliphatic carbocycles. The first kappa shape index (κ1) is 16.5. The minimum absolute atomic E-state index is 0.165. The highest BCUT2D eigenvalue weighted by Gasteiger charge is 2.13. The van der Waals surface area contributed by atoms with E-state index in [1.165, 1.54) is 16.2 Å². The van der Waals surface area contributed by atoms with Gasteiger partial charge in [0.05, 0.1) is 17.3 Å². The molecule has 116 valence electrons. The summed E-state index contributed by atoms with van der Waals surface area (Å²) in [4.78, 5) is 26.1. The Kier molecular flexibility index (Phi) is 5.98. The monoisotopic (exact) mass is 337 g/mol. The third-order valence-electron chi connectivity index (χ3n) is 3.00. The zero-order valence-electron chi connectivity index (χ0n) is 12.1. The van der Waals surface area contributed by atoms with Crippen LogP contribution < -0.4 is 0 Å². The number of esters is 1. The van der Waals surface area contributed by atoms with E-state index in [1.54, 1.807) is 13.1 Å². The van der Waals surface area contributed by atoms with Crippen molar-refractivity contribution in [3.05, 3.63) is 57.2 Å². The van der Waals surface area contributed by atoms with Crippen LogP contribution in [0.25, 0.3) is 0 Å². The van der Waals surface area contributed by atoms with Crippen molar-refractivity contribution in [2.75, 3.05) is 13.7 Å². The van der Waals surface area contributed by atoms with Gasteiger partial charge in [0.2, 0.25) is 0 Å². The predicted molar refractivity (Wildman–Crippen MR) is 86.9 cm³/mol. The van der Waals surface area contributed by atoms with Crippen LogP contribution >= 0.6 is 22.9 Å². The summed E-state index contributed by atoms with van der Waals surface area (Å²) < 4.78 is 5.70. The Morgan fingerprint density at radius 2 is 1.91 bits per heavy atom. The van der Waals surface area contributed by atoms with Crippen molar-refractivity contribution in [2.45, 2.75) is 13.0 Å². The number of hydrogen-bond acceptors (Lipinski definition) is 4. The molecule has 2 rings (SSSR count). The number of thiophene rings is 1. The Labute approximate surface area is 138 Å². The Morgan fingerprint density at radius 1 is 1.18 bits per heavy atom. The van der Waals surface area contributed by atoms with E-state index >= 15 is 0 Å². The predicted octanol–water partition coefficient (Wildman–Crippen LogP) is 3.15. The molecular weight excluding hydrogens is 322 g/mol. The second kappa shape index (κ2) is 7.96. The van der Waals surface area contributed by atoms with Gasteiger partial charge in [0.15, 0.2) is 6.61 Å². The standard InChI is InChI=1S/C16H16ClNO3S/c1-18(10-13-7-8-14(17)22-13)15(19)11-21-16(20)9-12-5-3-2-4-6-12/h2-8H,9-11H2,1H3. The van der Waals surface area contributed by atoms with Crippen molar-refractivity contribution < 1.29 is 14.3 Å². The Hall–Kier alpha value is -1.85. The molecule has 1 heterocycles. The van der Waals surface area contributed by atoms with E-state index in [-0.39, 0.29) is 18.9 Å². The highest BCUT2D eigenvalue weighted by Crippen LogP contribution is 2.22. The first-order valence-corrected chi connectivity index (χ1v) is 7.92. The lowest BCUT2D eigenvalue weighted by Gasteiger charge is -2.16. The summed E-state index contributed by atoms with van der Waals surface area (Å²) in [6.07, 6.45) is 0.165. The van der Waals surface area contributed by atoms with E-state index in [1.807, 2.05) is 36.4 Å². The SMILES string of the molecule is CN(Cc1ccc(Cl)s1)C(=O)COC(=O)Cc1ccccc1. The molecule has 1 aromatic heterocycles. The minimum Gasteiger partial charge on any atom is -0.455 e. The molecule has 0 spiro atoms. The molecule has 0 N–H and O–H groups in total. The molecule has 22 heavy (non-hydrogen) atoms. The second-order valence-electron chi connectivity index (χ2n) is 4.78. The van der Waals surface area contributed by atoms with E-state index in [9.17, 15) is 9.59 Å². The highest BCUT2D eigenvalue weighted by molar-refractivity contribution is 7.16. The normalized spacial score (nSPS) is 10.3. The van der Waals surface area contributed by atoms with E-state index in [2.05, 4.69) is 0 Å². The van der Waals surface area contributed by atoms with Crippen LogP contribution in [0.2, 0.25) is 4.34 Å². The topological polar surface area (TPSA) is 46.6 Å². The summed E-state index contributed by atoms with van der Waals surface area (Å²) in [5.41, 5.74) is 0.863. The molecule has 4 nitrogen and oxygen atoms in total. The maximum Gasteiger partial charge on any atom is 0.310 e. The number of hydrogen-bond donors (Lipinski definition) is 0. The number of ether oxygens (including phenoxy) is 1. The average molecular weight is 338 g/mol. The van der Waals surface area contributed by atoms with E-state index in [0.717, 1.165) is 10.4 Å². The quantitative estimate of drug-likeness (QED) is 0.761. The summed E-state index contributed by atoms with van der Waals surface area (Å²) in [6, 6.07) is 12.9. The minimum atomic E-state index is -0.410. The molecule has 0 aliphatic rings. The molecule has 0 aliphatic heterocycles. The smallest absolute Gasteiger partial charge is 0.310 e. The number of carbonyl (C=O) groups excluding carboxylic acids is 2. The fourth-order valence-corrected chi connectivity index (χ4v) is 2.97. The van der Waals surface area contributed by atoms with Gasteiger partial charge >= 0.3 is 5.97 Å². The number of rotatable bonds is 6. The Balaban J connectivity index is 1.75. The summed E-state index contributed by atoms with van der Waals surface area (Å²) in [5.74, 6) is -0.655. The molecule has 0 fully saturated rings. The first-order valence-electron chi connectivity index (χ1n) is 6.72. The molecule has 1 amide bonds. The van der Waals surface area contributed by atoms with E-state index in [0.29, 0.717) is 10.9 Å². The van der Waals surface area contributed by atoms with Crippen molar-refractivity contribution in [2.24, 2.45) is 0 Å². The maximum atomic E-state index is 11.9. The van der Waals surface area contributed by atoms with Gasteiger partial charge in [0, 0.05) is 11.9 Å². The van der Waals surface area contributed by atoms with Crippen LogP contribution in [-0.2, 0) is 27.3 Å². The lowest BCUT2D eigenvalue weighted by molar-refractivity contribution is -0.151.